The number of hydrogen-bond donors (Lipinski definition) is 11. The molecule has 0 aromatic carbocycles. The Hall–Kier alpha value is -1.21. The maximum atomic E-state index is 11.3. The van der Waals surface area contributed by atoms with Gasteiger partial charge in [-0.15, -0.1) is 0 Å². The average Bonchev–Trinajstić information content (AvgIpc) is 2.69. The molecule has 15 heteroatoms. The lowest BCUT2D eigenvalue weighted by Crippen LogP contribution is -2.81. The fraction of sp³-hybridized carbons (Fsp3) is 0.929. The second-order valence-electron chi connectivity index (χ2n) is 6.81. The molecule has 0 bridgehead atoms. The lowest BCUT2D eigenvalue weighted by atomic mass is 9.80. The van der Waals surface area contributed by atoms with Gasteiger partial charge in [0.15, 0.2) is 18.2 Å². The quantitative estimate of drug-likeness (QED) is 0.187. The van der Waals surface area contributed by atoms with Gasteiger partial charge in [0, 0.05) is 0 Å². The number of aliphatic hydroxyl groups is 9. The first-order valence-electron chi connectivity index (χ1n) is 8.49. The molecule has 0 spiro atoms. The van der Waals surface area contributed by atoms with Gasteiger partial charge in [-0.1, -0.05) is 0 Å². The monoisotopic (exact) mass is 430 g/mol. The highest BCUT2D eigenvalue weighted by Gasteiger charge is 2.65. The highest BCUT2D eigenvalue weighted by molar-refractivity contribution is 5.72. The Morgan fingerprint density at radius 1 is 1.03 bits per heavy atom. The van der Waals surface area contributed by atoms with Crippen LogP contribution in [0.1, 0.15) is 0 Å². The van der Waals surface area contributed by atoms with Crippen LogP contribution in [0.15, 0.2) is 0 Å². The molecule has 2 saturated heterocycles. The van der Waals surface area contributed by atoms with E-state index in [2.05, 4.69) is 0 Å². The molecule has 29 heavy (non-hydrogen) atoms. The van der Waals surface area contributed by atoms with Gasteiger partial charge in [-0.2, -0.15) is 0 Å². The number of ether oxygens (including phenoxy) is 3. The van der Waals surface area contributed by atoms with Gasteiger partial charge in [-0.25, -0.2) is 4.79 Å². The molecule has 2 rings (SSSR count). The van der Waals surface area contributed by atoms with Gasteiger partial charge in [0.1, 0.15) is 36.6 Å². The first-order valence-corrected chi connectivity index (χ1v) is 8.49. The van der Waals surface area contributed by atoms with E-state index in [-0.39, 0.29) is 0 Å². The van der Waals surface area contributed by atoms with Crippen molar-refractivity contribution in [3.05, 3.63) is 0 Å². The first kappa shape index (κ1) is 24.1. The standard InChI is InChI=1S/C14H26N2O13/c15-12(25)16-14(3-19)13(26,2-18)9(23)7(22)11(29-14)28-8-4(1-17)27-10(24)6(21)5(8)20/h4-11,17-24,26H,1-3H2,(H3,15,16,25)/t4-,5-,6-,7-,8-,9+,10-,11+,13-,14-/m1/s1. The molecule has 2 fully saturated rings. The number of hydrogen-bond acceptors (Lipinski definition) is 13. The Bertz CT molecular complexity index is 582. The third-order valence-corrected chi connectivity index (χ3v) is 5.03. The zero-order chi connectivity index (χ0) is 22.1. The van der Waals surface area contributed by atoms with Crippen molar-refractivity contribution >= 4 is 6.03 Å². The van der Waals surface area contributed by atoms with E-state index in [0.717, 1.165) is 0 Å². The van der Waals surface area contributed by atoms with E-state index in [9.17, 15) is 50.8 Å². The van der Waals surface area contributed by atoms with Crippen LogP contribution in [-0.4, -0.2) is 132 Å². The molecule has 15 nitrogen and oxygen atoms in total. The molecule has 0 aromatic heterocycles. The van der Waals surface area contributed by atoms with Crippen molar-refractivity contribution < 1.29 is 65.0 Å². The Labute approximate surface area is 163 Å². The van der Waals surface area contributed by atoms with E-state index in [4.69, 9.17) is 19.9 Å². The molecule has 2 heterocycles. The first-order chi connectivity index (χ1) is 13.5. The predicted molar refractivity (Wildman–Crippen MR) is 86.3 cm³/mol. The van der Waals surface area contributed by atoms with Gasteiger partial charge < -0.3 is 71.2 Å². The summed E-state index contributed by atoms with van der Waals surface area (Å²) in [4.78, 5) is 11.3. The second-order valence-corrected chi connectivity index (χ2v) is 6.81. The molecule has 2 aliphatic heterocycles. The van der Waals surface area contributed by atoms with Crippen LogP contribution in [0.2, 0.25) is 0 Å². The van der Waals surface area contributed by atoms with Gasteiger partial charge in [-0.05, 0) is 0 Å². The molecule has 0 aliphatic carbocycles. The zero-order valence-corrected chi connectivity index (χ0v) is 15.0. The van der Waals surface area contributed by atoms with Crippen molar-refractivity contribution in [2.24, 2.45) is 5.73 Å². The largest absolute Gasteiger partial charge is 0.394 e. The fourth-order valence-electron chi connectivity index (χ4n) is 3.31. The van der Waals surface area contributed by atoms with Crippen LogP contribution in [0, 0.1) is 0 Å². The number of primary amides is 1. The van der Waals surface area contributed by atoms with Crippen LogP contribution >= 0.6 is 0 Å². The number of carbonyl (C=O) groups excluding carboxylic acids is 1. The number of carbonyl (C=O) groups is 1. The zero-order valence-electron chi connectivity index (χ0n) is 15.0. The molecule has 2 aliphatic rings. The maximum Gasteiger partial charge on any atom is 0.314 e. The molecule has 0 aromatic rings. The number of nitrogens with one attached hydrogen (secondary N) is 1. The molecule has 0 radical (unpaired) electrons. The molecule has 2 amide bonds. The number of urea groups is 1. The van der Waals surface area contributed by atoms with Crippen molar-refractivity contribution in [1.82, 2.24) is 5.32 Å². The summed E-state index contributed by atoms with van der Waals surface area (Å²) >= 11 is 0. The molecular weight excluding hydrogens is 404 g/mol. The molecule has 0 unspecified atom stereocenters. The van der Waals surface area contributed by atoms with E-state index in [1.165, 1.54) is 0 Å². The molecule has 0 saturated carbocycles. The third-order valence-electron chi connectivity index (χ3n) is 5.03. The summed E-state index contributed by atoms with van der Waals surface area (Å²) in [5.41, 5.74) is -0.510. The van der Waals surface area contributed by atoms with Gasteiger partial charge in [0.05, 0.1) is 19.8 Å². The maximum absolute atomic E-state index is 11.3. The topological polar surface area (TPSA) is 265 Å². The van der Waals surface area contributed by atoms with E-state index in [1.54, 1.807) is 0 Å². The lowest BCUT2D eigenvalue weighted by molar-refractivity contribution is -0.402. The van der Waals surface area contributed by atoms with Gasteiger partial charge in [-0.3, -0.25) is 0 Å². The number of nitrogens with two attached hydrogens (primary N) is 1. The molecule has 12 N–H and O–H groups in total. The molecule has 170 valence electrons. The lowest BCUT2D eigenvalue weighted by Gasteiger charge is -2.54. The van der Waals surface area contributed by atoms with Crippen molar-refractivity contribution in [1.29, 1.82) is 0 Å². The summed E-state index contributed by atoms with van der Waals surface area (Å²) in [5, 5.41) is 90.9. The number of aliphatic hydroxyl groups excluding tert-OH is 8. The van der Waals surface area contributed by atoms with E-state index < -0.39 is 86.4 Å². The Morgan fingerprint density at radius 2 is 1.66 bits per heavy atom. The van der Waals surface area contributed by atoms with E-state index >= 15 is 0 Å². The van der Waals surface area contributed by atoms with Crippen molar-refractivity contribution in [2.45, 2.75) is 60.5 Å². The summed E-state index contributed by atoms with van der Waals surface area (Å²) in [6.45, 7) is -3.38. The number of amides is 2. The fourth-order valence-corrected chi connectivity index (χ4v) is 3.31. The summed E-state index contributed by atoms with van der Waals surface area (Å²) in [5.74, 6) is 0. The van der Waals surface area contributed by atoms with E-state index in [1.807, 2.05) is 5.32 Å². The average molecular weight is 430 g/mol. The summed E-state index contributed by atoms with van der Waals surface area (Å²) in [7, 11) is 0. The van der Waals surface area contributed by atoms with Crippen LogP contribution in [0.4, 0.5) is 4.79 Å². The van der Waals surface area contributed by atoms with Crippen LogP contribution < -0.4 is 11.1 Å². The minimum absolute atomic E-state index is 0.817. The van der Waals surface area contributed by atoms with Crippen molar-refractivity contribution in [3.8, 4) is 0 Å². The highest BCUT2D eigenvalue weighted by Crippen LogP contribution is 2.38. The van der Waals surface area contributed by atoms with Crippen LogP contribution in [0.25, 0.3) is 0 Å². The van der Waals surface area contributed by atoms with Gasteiger partial charge in [0.25, 0.3) is 0 Å². The minimum atomic E-state index is -2.84. The Balaban J connectivity index is 2.36. The van der Waals surface area contributed by atoms with E-state index in [0.29, 0.717) is 0 Å². The van der Waals surface area contributed by atoms with Crippen molar-refractivity contribution in [3.63, 3.8) is 0 Å². The van der Waals surface area contributed by atoms with Crippen LogP contribution in [0.5, 0.6) is 0 Å². The van der Waals surface area contributed by atoms with Crippen LogP contribution in [-0.2, 0) is 14.2 Å². The van der Waals surface area contributed by atoms with Gasteiger partial charge >= 0.3 is 6.03 Å². The molecule has 10 atom stereocenters. The third kappa shape index (κ3) is 4.05. The minimum Gasteiger partial charge on any atom is -0.394 e. The molecular formula is C14H26N2O13. The SMILES string of the molecule is NC(=O)N[C@]1(CO)O[C@H](O[C@H]2[C@H](O)[C@@H](O)[C@H](O)O[C@@H]2CO)[C@H](O)[C@H](O)[C@]1(O)CO. The second kappa shape index (κ2) is 8.88. The Kier molecular flexibility index (Phi) is 7.37. The number of rotatable bonds is 6. The van der Waals surface area contributed by atoms with Gasteiger partial charge in [0.2, 0.25) is 5.72 Å². The summed E-state index contributed by atoms with van der Waals surface area (Å²) in [6.07, 6.45) is -15.1. The van der Waals surface area contributed by atoms with Crippen molar-refractivity contribution in [2.75, 3.05) is 19.8 Å². The van der Waals surface area contributed by atoms with Crippen LogP contribution in [0.3, 0.4) is 0 Å². The Morgan fingerprint density at radius 3 is 2.14 bits per heavy atom. The predicted octanol–water partition coefficient (Wildman–Crippen LogP) is -7.04. The normalized spacial score (nSPS) is 48.3. The highest BCUT2D eigenvalue weighted by atomic mass is 16.7. The summed E-state index contributed by atoms with van der Waals surface area (Å²) in [6, 6.07) is -1.35. The summed E-state index contributed by atoms with van der Waals surface area (Å²) < 4.78 is 15.4. The smallest absolute Gasteiger partial charge is 0.314 e.